The summed E-state index contributed by atoms with van der Waals surface area (Å²) in [5.74, 6) is 0. The molecule has 4 heteroatoms. The lowest BCUT2D eigenvalue weighted by Gasteiger charge is -2.23. The topological polar surface area (TPSA) is 80.9 Å². The molecule has 0 fully saturated rings. The van der Waals surface area contributed by atoms with E-state index < -0.39 is 31.8 Å². The lowest BCUT2D eigenvalue weighted by atomic mass is 9.93. The van der Waals surface area contributed by atoms with Gasteiger partial charge in [-0.2, -0.15) is 0 Å². The lowest BCUT2D eigenvalue weighted by molar-refractivity contribution is -0.0328. The molecule has 0 spiro atoms. The predicted molar refractivity (Wildman–Crippen MR) is 94.3 cm³/mol. The maximum absolute atomic E-state index is 8.50. The van der Waals surface area contributed by atoms with E-state index in [0.717, 1.165) is 0 Å². The average molecular weight is 304 g/mol. The van der Waals surface area contributed by atoms with Crippen molar-refractivity contribution in [3.8, 4) is 0 Å². The molecule has 4 N–H and O–H groups in total. The van der Waals surface area contributed by atoms with E-state index in [4.69, 9.17) is 20.4 Å². The van der Waals surface area contributed by atoms with E-state index >= 15 is 0 Å². The van der Waals surface area contributed by atoms with Crippen LogP contribution in [0.3, 0.4) is 0 Å². The molecular formula is C17H36O4. The minimum atomic E-state index is -1.11. The fourth-order valence-corrected chi connectivity index (χ4v) is 0.300. The molecule has 0 aromatic rings. The maximum atomic E-state index is 8.50. The van der Waals surface area contributed by atoms with Crippen molar-refractivity contribution in [2.24, 2.45) is 5.41 Å². The highest BCUT2D eigenvalue weighted by atomic mass is 16.3. The van der Waals surface area contributed by atoms with Crippen LogP contribution in [0.1, 0.15) is 27.7 Å². The Morgan fingerprint density at radius 2 is 0.667 bits per heavy atom. The SMILES string of the molecule is C=CC.C=CC.C=CC.C=CC.OCC(CO)(CO)CO. The van der Waals surface area contributed by atoms with Crippen LogP contribution in [-0.2, 0) is 0 Å². The average Bonchev–Trinajstić information content (AvgIpc) is 2.45. The molecule has 128 valence electrons. The number of hydrogen-bond acceptors (Lipinski definition) is 4. The van der Waals surface area contributed by atoms with Gasteiger partial charge in [-0.15, -0.1) is 26.3 Å². The predicted octanol–water partition coefficient (Wildman–Crippen LogP) is 2.71. The monoisotopic (exact) mass is 304 g/mol. The summed E-state index contributed by atoms with van der Waals surface area (Å²) < 4.78 is 0. The highest BCUT2D eigenvalue weighted by molar-refractivity contribution is 4.74. The van der Waals surface area contributed by atoms with Gasteiger partial charge in [0.1, 0.15) is 0 Å². The van der Waals surface area contributed by atoms with Gasteiger partial charge in [-0.1, -0.05) is 24.3 Å². The van der Waals surface area contributed by atoms with Gasteiger partial charge < -0.3 is 20.4 Å². The molecule has 0 aliphatic rings. The summed E-state index contributed by atoms with van der Waals surface area (Å²) in [5, 5.41) is 34.0. The number of hydrogen-bond donors (Lipinski definition) is 4. The third-order valence-corrected chi connectivity index (χ3v) is 1.34. The first-order valence-electron chi connectivity index (χ1n) is 6.62. The first kappa shape index (κ1) is 31.9. The smallest absolute Gasteiger partial charge is 0.0627 e. The largest absolute Gasteiger partial charge is 0.396 e. The molecule has 0 saturated heterocycles. The van der Waals surface area contributed by atoms with Crippen LogP contribution in [0, 0.1) is 5.41 Å². The zero-order valence-corrected chi connectivity index (χ0v) is 14.3. The summed E-state index contributed by atoms with van der Waals surface area (Å²) in [7, 11) is 0. The standard InChI is InChI=1S/C5H12O4.4C3H6/c6-1-5(2-7,3-8)4-9;4*1-3-2/h6-9H,1-4H2;4*3H,1H2,2H3. The highest BCUT2D eigenvalue weighted by Gasteiger charge is 2.26. The summed E-state index contributed by atoms with van der Waals surface area (Å²) in [6.07, 6.45) is 7.00. The first-order valence-corrected chi connectivity index (χ1v) is 6.62. The summed E-state index contributed by atoms with van der Waals surface area (Å²) in [5.41, 5.74) is -1.11. The second-order valence-corrected chi connectivity index (χ2v) is 3.77. The van der Waals surface area contributed by atoms with E-state index in [0.29, 0.717) is 0 Å². The van der Waals surface area contributed by atoms with Crippen LogP contribution in [0.25, 0.3) is 0 Å². The normalized spacial score (nSPS) is 7.62. The number of rotatable bonds is 4. The summed E-state index contributed by atoms with van der Waals surface area (Å²) in [6.45, 7) is 19.4. The molecule has 0 aliphatic heterocycles. The van der Waals surface area contributed by atoms with Crippen LogP contribution < -0.4 is 0 Å². The molecule has 0 heterocycles. The highest BCUT2D eigenvalue weighted by Crippen LogP contribution is 2.11. The zero-order valence-electron chi connectivity index (χ0n) is 14.3. The van der Waals surface area contributed by atoms with Crippen molar-refractivity contribution in [3.63, 3.8) is 0 Å². The van der Waals surface area contributed by atoms with E-state index in [1.54, 1.807) is 24.3 Å². The van der Waals surface area contributed by atoms with Gasteiger partial charge in [-0.05, 0) is 27.7 Å². The molecule has 4 nitrogen and oxygen atoms in total. The Morgan fingerprint density at radius 1 is 0.571 bits per heavy atom. The van der Waals surface area contributed by atoms with E-state index in [2.05, 4.69) is 26.3 Å². The van der Waals surface area contributed by atoms with Gasteiger partial charge in [-0.25, -0.2) is 0 Å². The van der Waals surface area contributed by atoms with E-state index in [1.807, 2.05) is 27.7 Å². The third-order valence-electron chi connectivity index (χ3n) is 1.34. The Hall–Kier alpha value is -1.20. The van der Waals surface area contributed by atoms with Gasteiger partial charge in [0, 0.05) is 0 Å². The van der Waals surface area contributed by atoms with Crippen LogP contribution in [0.4, 0.5) is 0 Å². The van der Waals surface area contributed by atoms with Crippen molar-refractivity contribution in [1.82, 2.24) is 0 Å². The maximum Gasteiger partial charge on any atom is 0.0627 e. The number of allylic oxidation sites excluding steroid dienone is 4. The van der Waals surface area contributed by atoms with Crippen molar-refractivity contribution in [3.05, 3.63) is 50.6 Å². The Kier molecular flexibility index (Phi) is 55.3. The van der Waals surface area contributed by atoms with Crippen LogP contribution in [0.5, 0.6) is 0 Å². The van der Waals surface area contributed by atoms with Crippen LogP contribution in [0.2, 0.25) is 0 Å². The summed E-state index contributed by atoms with van der Waals surface area (Å²) in [6, 6.07) is 0. The van der Waals surface area contributed by atoms with Gasteiger partial charge in [0.15, 0.2) is 0 Å². The van der Waals surface area contributed by atoms with Crippen LogP contribution in [-0.4, -0.2) is 46.9 Å². The summed E-state index contributed by atoms with van der Waals surface area (Å²) >= 11 is 0. The Balaban J connectivity index is -0.0000000593. The van der Waals surface area contributed by atoms with Crippen molar-refractivity contribution >= 4 is 0 Å². The molecule has 0 radical (unpaired) electrons. The molecule has 0 aliphatic carbocycles. The Bertz CT molecular complexity index is 155. The molecule has 0 amide bonds. The minimum absolute atomic E-state index is 0.406. The third kappa shape index (κ3) is 45.5. The Morgan fingerprint density at radius 3 is 0.667 bits per heavy atom. The van der Waals surface area contributed by atoms with Gasteiger partial charge in [0.05, 0.1) is 31.8 Å². The lowest BCUT2D eigenvalue weighted by Crippen LogP contribution is -2.37. The molecule has 0 bridgehead atoms. The van der Waals surface area contributed by atoms with Gasteiger partial charge in [-0.3, -0.25) is 0 Å². The number of aliphatic hydroxyl groups excluding tert-OH is 4. The van der Waals surface area contributed by atoms with Crippen molar-refractivity contribution in [1.29, 1.82) is 0 Å². The van der Waals surface area contributed by atoms with E-state index in [9.17, 15) is 0 Å². The Labute approximate surface area is 131 Å². The molecule has 0 rings (SSSR count). The zero-order chi connectivity index (χ0) is 18.2. The molecule has 0 aromatic heterocycles. The van der Waals surface area contributed by atoms with Crippen molar-refractivity contribution < 1.29 is 20.4 Å². The van der Waals surface area contributed by atoms with E-state index in [-0.39, 0.29) is 0 Å². The van der Waals surface area contributed by atoms with Crippen LogP contribution >= 0.6 is 0 Å². The van der Waals surface area contributed by atoms with Gasteiger partial charge in [0.2, 0.25) is 0 Å². The molecule has 0 atom stereocenters. The fourth-order valence-electron chi connectivity index (χ4n) is 0.300. The summed E-state index contributed by atoms with van der Waals surface area (Å²) in [4.78, 5) is 0. The molecule has 0 saturated carbocycles. The first-order chi connectivity index (χ1) is 9.90. The number of aliphatic hydroxyl groups is 4. The quantitative estimate of drug-likeness (QED) is 0.602. The second kappa shape index (κ2) is 36.4. The fraction of sp³-hybridized carbons (Fsp3) is 0.529. The van der Waals surface area contributed by atoms with Crippen molar-refractivity contribution in [2.45, 2.75) is 27.7 Å². The second-order valence-electron chi connectivity index (χ2n) is 3.77. The van der Waals surface area contributed by atoms with E-state index in [1.165, 1.54) is 0 Å². The van der Waals surface area contributed by atoms with Gasteiger partial charge in [0.25, 0.3) is 0 Å². The molecule has 21 heavy (non-hydrogen) atoms. The van der Waals surface area contributed by atoms with Crippen LogP contribution in [0.15, 0.2) is 50.6 Å². The minimum Gasteiger partial charge on any atom is -0.396 e. The van der Waals surface area contributed by atoms with Crippen molar-refractivity contribution in [2.75, 3.05) is 26.4 Å². The molecule has 0 unspecified atom stereocenters. The van der Waals surface area contributed by atoms with Gasteiger partial charge >= 0.3 is 0 Å². The molecular weight excluding hydrogens is 268 g/mol. The molecule has 0 aromatic carbocycles.